The van der Waals surface area contributed by atoms with Crippen LogP contribution in [0.15, 0.2) is 12.1 Å². The Morgan fingerprint density at radius 2 is 1.15 bits per heavy atom. The lowest BCUT2D eigenvalue weighted by Gasteiger charge is -2.43. The van der Waals surface area contributed by atoms with Gasteiger partial charge < -0.3 is 0 Å². The maximum Gasteiger partial charge on any atom is 0.382 e. The number of rotatable bonds is 0. The lowest BCUT2D eigenvalue weighted by molar-refractivity contribution is -0.386. The Bertz CT molecular complexity index is 573. The van der Waals surface area contributed by atoms with Crippen molar-refractivity contribution in [2.45, 2.75) is 37.5 Å². The third kappa shape index (κ3) is 1.42. The van der Waals surface area contributed by atoms with Gasteiger partial charge in [-0.05, 0) is 25.5 Å². The highest BCUT2D eigenvalue weighted by molar-refractivity contribution is 5.49. The molecule has 0 aliphatic heterocycles. The Kier molecular flexibility index (Phi) is 2.75. The molecule has 0 radical (unpaired) electrons. The number of hydrogen-bond acceptors (Lipinski definition) is 0. The van der Waals surface area contributed by atoms with Crippen molar-refractivity contribution in [2.75, 3.05) is 0 Å². The first kappa shape index (κ1) is 15.1. The second-order valence-electron chi connectivity index (χ2n) is 4.80. The zero-order valence-electron chi connectivity index (χ0n) is 10.2. The van der Waals surface area contributed by atoms with Gasteiger partial charge in [-0.1, -0.05) is 11.6 Å². The maximum absolute atomic E-state index is 13.6. The molecule has 0 N–H and O–H groups in total. The summed E-state index contributed by atoms with van der Waals surface area (Å²) in [5, 5.41) is 0. The number of hydrogen-bond donors (Lipinski definition) is 0. The Morgan fingerprint density at radius 3 is 1.65 bits per heavy atom. The van der Waals surface area contributed by atoms with Crippen LogP contribution in [0, 0.1) is 13.8 Å². The zero-order valence-corrected chi connectivity index (χ0v) is 10.2. The van der Waals surface area contributed by atoms with Crippen molar-refractivity contribution in [3.63, 3.8) is 0 Å². The van der Waals surface area contributed by atoms with Crippen molar-refractivity contribution in [2.24, 2.45) is 0 Å². The molecule has 0 saturated heterocycles. The van der Waals surface area contributed by atoms with Crippen LogP contribution in [-0.2, 0) is 11.8 Å². The first-order valence-electron chi connectivity index (χ1n) is 5.42. The van der Waals surface area contributed by atoms with E-state index in [-0.39, 0.29) is 5.56 Å². The van der Waals surface area contributed by atoms with Crippen molar-refractivity contribution in [1.82, 2.24) is 0 Å². The number of alkyl halides is 8. The average molecular weight is 304 g/mol. The second kappa shape index (κ2) is 3.65. The predicted octanol–water partition coefficient (Wildman–Crippen LogP) is 4.77. The van der Waals surface area contributed by atoms with E-state index < -0.39 is 40.4 Å². The largest absolute Gasteiger partial charge is 0.382 e. The van der Waals surface area contributed by atoms with Crippen LogP contribution in [0.5, 0.6) is 0 Å². The molecule has 0 amide bonds. The summed E-state index contributed by atoms with van der Waals surface area (Å²) < 4.78 is 107. The Labute approximate surface area is 108 Å². The third-order valence-corrected chi connectivity index (χ3v) is 3.32. The van der Waals surface area contributed by atoms with E-state index in [0.29, 0.717) is 6.07 Å². The van der Waals surface area contributed by atoms with E-state index in [1.165, 1.54) is 6.92 Å². The minimum atomic E-state index is -6.18. The molecule has 0 saturated carbocycles. The quantitative estimate of drug-likeness (QED) is 0.606. The number of aryl methyl sites for hydroxylation is 2. The fraction of sp³-hybridized carbons (Fsp3) is 0.500. The van der Waals surface area contributed by atoms with E-state index in [2.05, 4.69) is 0 Å². The molecule has 1 aliphatic rings. The summed E-state index contributed by atoms with van der Waals surface area (Å²) >= 11 is 0. The summed E-state index contributed by atoms with van der Waals surface area (Å²) in [7, 11) is 0. The summed E-state index contributed by atoms with van der Waals surface area (Å²) in [6.45, 7) is 2.11. The number of halogens is 8. The SMILES string of the molecule is Cc1cc(C)c2c(c1)C(F)(F)C(F)(F)C(F)(F)C2(F)F. The topological polar surface area (TPSA) is 0 Å². The van der Waals surface area contributed by atoms with E-state index >= 15 is 0 Å². The van der Waals surface area contributed by atoms with Crippen LogP contribution in [0.2, 0.25) is 0 Å². The van der Waals surface area contributed by atoms with E-state index in [1.54, 1.807) is 0 Å². The van der Waals surface area contributed by atoms with Crippen molar-refractivity contribution in [1.29, 1.82) is 0 Å². The molecule has 2 rings (SSSR count). The van der Waals surface area contributed by atoms with Gasteiger partial charge in [-0.3, -0.25) is 0 Å². The third-order valence-electron chi connectivity index (χ3n) is 3.32. The molecular formula is C12H8F8. The highest BCUT2D eigenvalue weighted by Gasteiger charge is 2.85. The fourth-order valence-corrected chi connectivity index (χ4v) is 2.35. The van der Waals surface area contributed by atoms with Crippen molar-refractivity contribution >= 4 is 0 Å². The van der Waals surface area contributed by atoms with Gasteiger partial charge in [0.25, 0.3) is 0 Å². The molecule has 1 aromatic rings. The van der Waals surface area contributed by atoms with Crippen LogP contribution in [0.25, 0.3) is 0 Å². The standard InChI is InChI=1S/C12H8F8/c1-5-3-6(2)8-7(4-5)9(13,14)11(17,18)12(19,20)10(8,15)16/h3-4H,1-2H3. The molecule has 0 fully saturated rings. The first-order chi connectivity index (χ1) is 8.78. The van der Waals surface area contributed by atoms with Gasteiger partial charge in [-0.15, -0.1) is 0 Å². The zero-order chi connectivity index (χ0) is 15.7. The monoisotopic (exact) mass is 304 g/mol. The first-order valence-corrected chi connectivity index (χ1v) is 5.42. The summed E-state index contributed by atoms with van der Waals surface area (Å²) in [6.07, 6.45) is 0. The minimum absolute atomic E-state index is 0.00209. The summed E-state index contributed by atoms with van der Waals surface area (Å²) in [5.41, 5.74) is -4.07. The molecule has 1 aromatic carbocycles. The van der Waals surface area contributed by atoms with Gasteiger partial charge in [0.1, 0.15) is 0 Å². The van der Waals surface area contributed by atoms with Gasteiger partial charge in [0.2, 0.25) is 0 Å². The Hall–Kier alpha value is -1.34. The smallest absolute Gasteiger partial charge is 0.194 e. The predicted molar refractivity (Wildman–Crippen MR) is 53.6 cm³/mol. The van der Waals surface area contributed by atoms with Crippen molar-refractivity contribution in [3.05, 3.63) is 34.4 Å². The molecule has 112 valence electrons. The summed E-state index contributed by atoms with van der Waals surface area (Å²) in [5.74, 6) is -23.1. The second-order valence-corrected chi connectivity index (χ2v) is 4.80. The van der Waals surface area contributed by atoms with E-state index in [9.17, 15) is 35.1 Å². The van der Waals surface area contributed by atoms with Crippen LogP contribution in [0.4, 0.5) is 35.1 Å². The molecule has 0 spiro atoms. The minimum Gasteiger partial charge on any atom is -0.194 e. The highest BCUT2D eigenvalue weighted by atomic mass is 19.4. The molecule has 0 bridgehead atoms. The number of benzene rings is 1. The molecule has 0 nitrogen and oxygen atoms in total. The van der Waals surface area contributed by atoms with Crippen LogP contribution in [0.1, 0.15) is 22.3 Å². The van der Waals surface area contributed by atoms with Gasteiger partial charge >= 0.3 is 23.7 Å². The Morgan fingerprint density at radius 1 is 0.700 bits per heavy atom. The molecule has 0 unspecified atom stereocenters. The summed E-state index contributed by atoms with van der Waals surface area (Å²) in [6, 6.07) is 1.35. The van der Waals surface area contributed by atoms with Gasteiger partial charge in [-0.2, -0.15) is 35.1 Å². The van der Waals surface area contributed by atoms with Gasteiger partial charge in [0.05, 0.1) is 0 Å². The Balaban J connectivity index is 2.96. The molecule has 1 aliphatic carbocycles. The van der Waals surface area contributed by atoms with Crippen LogP contribution in [0.3, 0.4) is 0 Å². The highest BCUT2D eigenvalue weighted by Crippen LogP contribution is 2.65. The lowest BCUT2D eigenvalue weighted by atomic mass is 9.77. The van der Waals surface area contributed by atoms with Crippen molar-refractivity contribution in [3.8, 4) is 0 Å². The molecule has 0 heterocycles. The summed E-state index contributed by atoms with van der Waals surface area (Å²) in [4.78, 5) is 0. The van der Waals surface area contributed by atoms with E-state index in [0.717, 1.165) is 13.0 Å². The molecule has 0 atom stereocenters. The van der Waals surface area contributed by atoms with Crippen LogP contribution >= 0.6 is 0 Å². The maximum atomic E-state index is 13.6. The molecular weight excluding hydrogens is 296 g/mol. The molecule has 8 heteroatoms. The van der Waals surface area contributed by atoms with E-state index in [1.807, 2.05) is 0 Å². The van der Waals surface area contributed by atoms with E-state index in [4.69, 9.17) is 0 Å². The van der Waals surface area contributed by atoms with Crippen molar-refractivity contribution < 1.29 is 35.1 Å². The lowest BCUT2D eigenvalue weighted by Crippen LogP contribution is -2.64. The fourth-order valence-electron chi connectivity index (χ4n) is 2.35. The molecule has 0 aromatic heterocycles. The normalized spacial score (nSPS) is 25.1. The number of fused-ring (bicyclic) bond motifs is 1. The van der Waals surface area contributed by atoms with Crippen LogP contribution in [-0.4, -0.2) is 11.8 Å². The average Bonchev–Trinajstić information content (AvgIpc) is 2.25. The van der Waals surface area contributed by atoms with Crippen LogP contribution < -0.4 is 0 Å². The van der Waals surface area contributed by atoms with Gasteiger partial charge in [-0.25, -0.2) is 0 Å². The van der Waals surface area contributed by atoms with Gasteiger partial charge in [0, 0.05) is 11.1 Å². The molecule has 20 heavy (non-hydrogen) atoms. The van der Waals surface area contributed by atoms with Gasteiger partial charge in [0.15, 0.2) is 0 Å².